The lowest BCUT2D eigenvalue weighted by Gasteiger charge is -1.93. The molecule has 0 fully saturated rings. The van der Waals surface area contributed by atoms with Crippen molar-refractivity contribution >= 4 is 13.2 Å². The van der Waals surface area contributed by atoms with Gasteiger partial charge in [-0.1, -0.05) is 24.2 Å². The maximum absolute atomic E-state index is 9.02. The SMILES string of the molecule is OB(O)/C=C/c1cccc(O)c1. The Balaban J connectivity index is 2.76. The first-order chi connectivity index (χ1) is 5.68. The van der Waals surface area contributed by atoms with Crippen LogP contribution in [0.25, 0.3) is 6.08 Å². The van der Waals surface area contributed by atoms with Crippen molar-refractivity contribution in [2.24, 2.45) is 0 Å². The Morgan fingerprint density at radius 3 is 2.58 bits per heavy atom. The normalized spacial score (nSPS) is 10.5. The Bertz CT molecular complexity index is 283. The van der Waals surface area contributed by atoms with Crippen molar-refractivity contribution in [1.29, 1.82) is 0 Å². The van der Waals surface area contributed by atoms with Crippen LogP contribution in [0.4, 0.5) is 0 Å². The van der Waals surface area contributed by atoms with Crippen LogP contribution in [0.1, 0.15) is 5.56 Å². The third kappa shape index (κ3) is 2.78. The summed E-state index contributed by atoms with van der Waals surface area (Å²) >= 11 is 0. The molecule has 1 aromatic rings. The highest BCUT2D eigenvalue weighted by Gasteiger charge is 1.97. The largest absolute Gasteiger partial charge is 0.508 e. The second-order valence-electron chi connectivity index (χ2n) is 2.37. The Morgan fingerprint density at radius 1 is 1.25 bits per heavy atom. The topological polar surface area (TPSA) is 60.7 Å². The fourth-order valence-corrected chi connectivity index (χ4v) is 0.826. The first-order valence-electron chi connectivity index (χ1n) is 3.52. The van der Waals surface area contributed by atoms with Crippen molar-refractivity contribution < 1.29 is 15.2 Å². The molecule has 3 nitrogen and oxygen atoms in total. The van der Waals surface area contributed by atoms with Crippen molar-refractivity contribution in [1.82, 2.24) is 0 Å². The summed E-state index contributed by atoms with van der Waals surface area (Å²) in [6.07, 6.45) is 1.52. The minimum Gasteiger partial charge on any atom is -0.508 e. The number of aromatic hydroxyl groups is 1. The molecule has 0 aliphatic carbocycles. The average molecular weight is 164 g/mol. The lowest BCUT2D eigenvalue weighted by atomic mass is 9.91. The van der Waals surface area contributed by atoms with Gasteiger partial charge in [0.1, 0.15) is 5.75 Å². The number of benzene rings is 1. The lowest BCUT2D eigenvalue weighted by Crippen LogP contribution is -2.05. The van der Waals surface area contributed by atoms with Gasteiger partial charge in [-0.2, -0.15) is 0 Å². The highest BCUT2D eigenvalue weighted by molar-refractivity contribution is 6.48. The summed E-state index contributed by atoms with van der Waals surface area (Å²) in [5.74, 6) is 1.37. The van der Waals surface area contributed by atoms with Gasteiger partial charge in [0.25, 0.3) is 0 Å². The van der Waals surface area contributed by atoms with E-state index in [0.717, 1.165) is 5.56 Å². The molecule has 0 amide bonds. The molecule has 4 heteroatoms. The van der Waals surface area contributed by atoms with Crippen molar-refractivity contribution in [3.8, 4) is 5.75 Å². The van der Waals surface area contributed by atoms with E-state index in [4.69, 9.17) is 15.2 Å². The van der Waals surface area contributed by atoms with E-state index in [1.165, 1.54) is 18.1 Å². The Hall–Kier alpha value is -1.26. The summed E-state index contributed by atoms with van der Waals surface area (Å²) in [5.41, 5.74) is 0.725. The molecule has 0 radical (unpaired) electrons. The van der Waals surface area contributed by atoms with Gasteiger partial charge in [-0.15, -0.1) is 0 Å². The van der Waals surface area contributed by atoms with Gasteiger partial charge in [0, 0.05) is 0 Å². The maximum atomic E-state index is 9.02. The molecule has 0 atom stereocenters. The Morgan fingerprint density at radius 2 is 2.00 bits per heavy atom. The predicted molar refractivity (Wildman–Crippen MR) is 47.3 cm³/mol. The van der Waals surface area contributed by atoms with Crippen LogP contribution in [0.15, 0.2) is 30.2 Å². The number of phenolic OH excluding ortho intramolecular Hbond substituents is 1. The smallest absolute Gasteiger partial charge is 0.480 e. The molecule has 0 aromatic heterocycles. The van der Waals surface area contributed by atoms with Crippen molar-refractivity contribution in [2.45, 2.75) is 0 Å². The van der Waals surface area contributed by atoms with E-state index in [1.54, 1.807) is 18.2 Å². The van der Waals surface area contributed by atoms with Gasteiger partial charge in [-0.3, -0.25) is 0 Å². The molecule has 0 spiro atoms. The highest BCUT2D eigenvalue weighted by atomic mass is 16.4. The molecule has 1 rings (SSSR count). The second-order valence-corrected chi connectivity index (χ2v) is 2.37. The van der Waals surface area contributed by atoms with Crippen LogP contribution in [-0.2, 0) is 0 Å². The van der Waals surface area contributed by atoms with Gasteiger partial charge < -0.3 is 15.2 Å². The summed E-state index contributed by atoms with van der Waals surface area (Å²) in [5, 5.41) is 26.0. The number of hydrogen-bond donors (Lipinski definition) is 3. The van der Waals surface area contributed by atoms with Crippen LogP contribution in [-0.4, -0.2) is 22.3 Å². The van der Waals surface area contributed by atoms with E-state index in [2.05, 4.69) is 0 Å². The third-order valence-electron chi connectivity index (χ3n) is 1.33. The minimum absolute atomic E-state index is 0.157. The van der Waals surface area contributed by atoms with Crippen molar-refractivity contribution in [2.75, 3.05) is 0 Å². The van der Waals surface area contributed by atoms with Crippen LogP contribution in [0.2, 0.25) is 0 Å². The zero-order valence-corrected chi connectivity index (χ0v) is 6.38. The molecule has 0 bridgehead atoms. The van der Waals surface area contributed by atoms with Gasteiger partial charge >= 0.3 is 7.12 Å². The molecular weight excluding hydrogens is 155 g/mol. The van der Waals surface area contributed by atoms with Crippen LogP contribution in [0.5, 0.6) is 5.75 Å². The van der Waals surface area contributed by atoms with Crippen molar-refractivity contribution in [3.63, 3.8) is 0 Å². The zero-order chi connectivity index (χ0) is 8.97. The molecule has 0 heterocycles. The van der Waals surface area contributed by atoms with E-state index < -0.39 is 7.12 Å². The summed E-state index contributed by atoms with van der Waals surface area (Å²) in [6, 6.07) is 6.50. The summed E-state index contributed by atoms with van der Waals surface area (Å²) in [6.45, 7) is 0. The third-order valence-corrected chi connectivity index (χ3v) is 1.33. The fourth-order valence-electron chi connectivity index (χ4n) is 0.826. The Kier molecular flexibility index (Phi) is 2.91. The van der Waals surface area contributed by atoms with Gasteiger partial charge in [-0.05, 0) is 17.7 Å². The highest BCUT2D eigenvalue weighted by Crippen LogP contribution is 2.11. The van der Waals surface area contributed by atoms with Crippen LogP contribution >= 0.6 is 0 Å². The number of rotatable bonds is 2. The Labute approximate surface area is 70.7 Å². The molecule has 12 heavy (non-hydrogen) atoms. The van der Waals surface area contributed by atoms with Gasteiger partial charge in [-0.25, -0.2) is 0 Å². The molecular formula is C8H9BO3. The van der Waals surface area contributed by atoms with E-state index in [0.29, 0.717) is 0 Å². The van der Waals surface area contributed by atoms with Gasteiger partial charge in [0.15, 0.2) is 0 Å². The lowest BCUT2D eigenvalue weighted by molar-refractivity contribution is 0.424. The molecule has 0 aliphatic heterocycles. The summed E-state index contributed by atoms with van der Waals surface area (Å²) in [4.78, 5) is 0. The first kappa shape index (κ1) is 8.84. The predicted octanol–water partition coefficient (Wildman–Crippen LogP) is 0.417. The van der Waals surface area contributed by atoms with E-state index >= 15 is 0 Å². The van der Waals surface area contributed by atoms with Crippen LogP contribution in [0.3, 0.4) is 0 Å². The van der Waals surface area contributed by atoms with E-state index in [9.17, 15) is 0 Å². The molecule has 62 valence electrons. The molecule has 0 saturated heterocycles. The first-order valence-corrected chi connectivity index (χ1v) is 3.52. The second kappa shape index (κ2) is 3.94. The van der Waals surface area contributed by atoms with Gasteiger partial charge in [0.05, 0.1) is 0 Å². The van der Waals surface area contributed by atoms with Crippen molar-refractivity contribution in [3.05, 3.63) is 35.8 Å². The van der Waals surface area contributed by atoms with E-state index in [-0.39, 0.29) is 5.75 Å². The number of hydrogen-bond acceptors (Lipinski definition) is 3. The summed E-state index contributed by atoms with van der Waals surface area (Å²) in [7, 11) is -1.45. The van der Waals surface area contributed by atoms with Gasteiger partial charge in [0.2, 0.25) is 0 Å². The molecule has 0 saturated carbocycles. The minimum atomic E-state index is -1.45. The molecule has 3 N–H and O–H groups in total. The summed E-state index contributed by atoms with van der Waals surface area (Å²) < 4.78 is 0. The number of phenols is 1. The van der Waals surface area contributed by atoms with E-state index in [1.807, 2.05) is 0 Å². The van der Waals surface area contributed by atoms with Crippen LogP contribution in [0, 0.1) is 0 Å². The molecule has 0 aliphatic rings. The monoisotopic (exact) mass is 164 g/mol. The zero-order valence-electron chi connectivity index (χ0n) is 6.38. The quantitative estimate of drug-likeness (QED) is 0.555. The fraction of sp³-hybridized carbons (Fsp3) is 0. The standard InChI is InChI=1S/C8H9BO3/c10-8-3-1-2-7(6-8)4-5-9(11)12/h1-6,10-12H/b5-4+. The van der Waals surface area contributed by atoms with Crippen LogP contribution < -0.4 is 0 Å². The maximum Gasteiger partial charge on any atom is 0.480 e. The molecule has 1 aromatic carbocycles. The average Bonchev–Trinajstić information content (AvgIpc) is 2.01. The molecule has 0 unspecified atom stereocenters.